The van der Waals surface area contributed by atoms with Crippen molar-refractivity contribution in [1.29, 1.82) is 0 Å². The van der Waals surface area contributed by atoms with Gasteiger partial charge in [0.25, 0.3) is 0 Å². The fraction of sp³-hybridized carbons (Fsp3) is 0.452. The van der Waals surface area contributed by atoms with Gasteiger partial charge in [-0.25, -0.2) is 0 Å². The van der Waals surface area contributed by atoms with E-state index in [1.54, 1.807) is 41.3 Å². The predicted molar refractivity (Wildman–Crippen MR) is 159 cm³/mol. The first kappa shape index (κ1) is 28.5. The third kappa shape index (κ3) is 5.05. The van der Waals surface area contributed by atoms with Crippen molar-refractivity contribution < 1.29 is 19.1 Å². The lowest BCUT2D eigenvalue weighted by molar-refractivity contribution is -0.142. The number of hydrogen-bond donors (Lipinski definition) is 2. The molecule has 6 unspecified atom stereocenters. The summed E-state index contributed by atoms with van der Waals surface area (Å²) in [6.07, 6.45) is 6.04. The quantitative estimate of drug-likeness (QED) is 0.397. The zero-order chi connectivity index (χ0) is 29.1. The highest BCUT2D eigenvalue weighted by Gasteiger charge is 2.72. The zero-order valence-electron chi connectivity index (χ0n) is 22.8. The summed E-state index contributed by atoms with van der Waals surface area (Å²) in [5.74, 6) is -1.83. The van der Waals surface area contributed by atoms with E-state index in [2.05, 4.69) is 24.5 Å². The second-order valence-electron chi connectivity index (χ2n) is 11.8. The third-order valence-corrected chi connectivity index (χ3v) is 10.0. The molecule has 3 amide bonds. The van der Waals surface area contributed by atoms with Crippen LogP contribution in [0.3, 0.4) is 0 Å². The molecule has 2 N–H and O–H groups in total. The molecule has 1 aliphatic carbocycles. The number of benzene rings is 2. The van der Waals surface area contributed by atoms with Gasteiger partial charge < -0.3 is 20.3 Å². The highest BCUT2D eigenvalue weighted by Crippen LogP contribution is 2.55. The lowest BCUT2D eigenvalue weighted by Crippen LogP contribution is -2.57. The van der Waals surface area contributed by atoms with E-state index in [1.165, 1.54) is 0 Å². The van der Waals surface area contributed by atoms with Crippen molar-refractivity contribution in [3.63, 3.8) is 0 Å². The molecule has 1 spiro atoms. The van der Waals surface area contributed by atoms with Gasteiger partial charge in [-0.15, -0.1) is 0 Å². The molecule has 8 atom stereocenters. The summed E-state index contributed by atoms with van der Waals surface area (Å²) in [6.45, 7) is 4.56. The van der Waals surface area contributed by atoms with E-state index in [9.17, 15) is 14.4 Å². The molecule has 10 heteroatoms. The van der Waals surface area contributed by atoms with E-state index in [0.717, 1.165) is 24.8 Å². The molecule has 3 fully saturated rings. The van der Waals surface area contributed by atoms with Crippen LogP contribution in [0.25, 0.3) is 0 Å². The molecule has 0 aromatic heterocycles. The fourth-order valence-electron chi connectivity index (χ4n) is 7.12. The number of nitrogens with zero attached hydrogens (tertiary/aromatic N) is 1. The van der Waals surface area contributed by atoms with Gasteiger partial charge in [0.15, 0.2) is 0 Å². The Hall–Kier alpha value is -2.58. The fourth-order valence-corrected chi connectivity index (χ4v) is 7.78. The Morgan fingerprint density at radius 1 is 1.00 bits per heavy atom. The first-order valence-corrected chi connectivity index (χ1v) is 15.2. The highest BCUT2D eigenvalue weighted by atomic mass is 35.5. The Labute approximate surface area is 254 Å². The monoisotopic (exact) mass is 615 g/mol. The minimum Gasteiger partial charge on any atom is -0.359 e. The van der Waals surface area contributed by atoms with E-state index >= 15 is 0 Å². The van der Waals surface area contributed by atoms with E-state index in [0.29, 0.717) is 32.6 Å². The number of fused-ring (bicyclic) bond motifs is 1. The summed E-state index contributed by atoms with van der Waals surface area (Å²) in [5.41, 5.74) is -0.00777. The number of amides is 3. The average Bonchev–Trinajstić information content (AvgIpc) is 3.55. The smallest absolute Gasteiger partial charge is 0.246 e. The van der Waals surface area contributed by atoms with Crippen LogP contribution in [0.2, 0.25) is 15.1 Å². The summed E-state index contributed by atoms with van der Waals surface area (Å²) in [5, 5.41) is 7.47. The zero-order valence-corrected chi connectivity index (χ0v) is 25.0. The number of ether oxygens (including phenoxy) is 1. The van der Waals surface area contributed by atoms with Crippen molar-refractivity contribution >= 4 is 58.2 Å². The lowest BCUT2D eigenvalue weighted by Gasteiger charge is -2.38. The van der Waals surface area contributed by atoms with Gasteiger partial charge in [-0.1, -0.05) is 85.8 Å². The number of likely N-dealkylation sites (tertiary alicyclic amines) is 1. The molecule has 2 aromatic rings. The Morgan fingerprint density at radius 3 is 2.41 bits per heavy atom. The van der Waals surface area contributed by atoms with Crippen molar-refractivity contribution in [3.05, 3.63) is 75.2 Å². The number of carbonyl (C=O) groups is 3. The Morgan fingerprint density at radius 2 is 1.71 bits per heavy atom. The van der Waals surface area contributed by atoms with Crippen LogP contribution in [-0.4, -0.2) is 46.4 Å². The molecule has 2 bridgehead atoms. The van der Waals surface area contributed by atoms with E-state index in [-0.39, 0.29) is 30.3 Å². The van der Waals surface area contributed by atoms with Crippen molar-refractivity contribution in [3.8, 4) is 0 Å². The molecule has 6 rings (SSSR count). The molecule has 0 radical (unpaired) electrons. The number of hydrogen-bond acceptors (Lipinski definition) is 4. The first-order valence-electron chi connectivity index (χ1n) is 14.1. The first-order chi connectivity index (χ1) is 19.6. The topological polar surface area (TPSA) is 87.7 Å². The molecule has 2 saturated heterocycles. The minimum atomic E-state index is -1.25. The molecule has 2 aromatic carbocycles. The summed E-state index contributed by atoms with van der Waals surface area (Å²) in [7, 11) is 0. The van der Waals surface area contributed by atoms with Gasteiger partial charge in [0, 0.05) is 33.3 Å². The molecule has 4 aliphatic rings. The molecule has 3 aliphatic heterocycles. The minimum absolute atomic E-state index is 0.00319. The Balaban J connectivity index is 1.33. The average molecular weight is 617 g/mol. The normalized spacial score (nSPS) is 33.6. The van der Waals surface area contributed by atoms with Gasteiger partial charge in [-0.05, 0) is 54.2 Å². The van der Waals surface area contributed by atoms with Gasteiger partial charge >= 0.3 is 0 Å². The van der Waals surface area contributed by atoms with Crippen LogP contribution in [0.15, 0.2) is 54.6 Å². The number of halogens is 3. The van der Waals surface area contributed by atoms with Gasteiger partial charge in [-0.2, -0.15) is 0 Å². The Kier molecular flexibility index (Phi) is 7.60. The van der Waals surface area contributed by atoms with Crippen molar-refractivity contribution in [2.24, 2.45) is 23.7 Å². The van der Waals surface area contributed by atoms with E-state index < -0.39 is 29.6 Å². The maximum absolute atomic E-state index is 14.2. The van der Waals surface area contributed by atoms with Gasteiger partial charge in [0.1, 0.15) is 11.6 Å². The molecule has 216 valence electrons. The molecule has 7 nitrogen and oxygen atoms in total. The van der Waals surface area contributed by atoms with E-state index in [1.807, 2.05) is 18.2 Å². The predicted octanol–water partition coefficient (Wildman–Crippen LogP) is 5.88. The van der Waals surface area contributed by atoms with Crippen LogP contribution >= 0.6 is 34.8 Å². The summed E-state index contributed by atoms with van der Waals surface area (Å²) in [4.78, 5) is 43.7. The molecular weight excluding hydrogens is 585 g/mol. The third-order valence-electron chi connectivity index (χ3n) is 9.36. The van der Waals surface area contributed by atoms with Crippen LogP contribution in [0.5, 0.6) is 0 Å². The van der Waals surface area contributed by atoms with Crippen molar-refractivity contribution in [2.75, 3.05) is 5.32 Å². The molecule has 1 saturated carbocycles. The molecular formula is C31H32Cl3N3O4. The van der Waals surface area contributed by atoms with Crippen LogP contribution in [0, 0.1) is 23.7 Å². The summed E-state index contributed by atoms with van der Waals surface area (Å²) in [6, 6.07) is 11.0. The Bertz CT molecular complexity index is 1400. The van der Waals surface area contributed by atoms with Crippen LogP contribution in [0.4, 0.5) is 5.69 Å². The standard InChI is InChI=1S/C31H32Cl3N3O4/c1-16-4-3-5-23(17(16)2)36-29(39)27-31-11-10-24(41-31)25(28(38)35-22-13-20(33)12-21(34)14-22)26(31)30(40)37(27)15-18-6-8-19(32)9-7-18/h6-14,16-17,23-27H,3-5,15H2,1-2H3,(H,35,38)(H,36,39)/t16?,17?,23?,24-,25?,26-,27?,31?/m0/s1. The van der Waals surface area contributed by atoms with Crippen molar-refractivity contribution in [2.45, 2.75) is 63.4 Å². The lowest BCUT2D eigenvalue weighted by atomic mass is 9.73. The van der Waals surface area contributed by atoms with Gasteiger partial charge in [-0.3, -0.25) is 14.4 Å². The van der Waals surface area contributed by atoms with E-state index in [4.69, 9.17) is 39.5 Å². The maximum Gasteiger partial charge on any atom is 0.246 e. The second kappa shape index (κ2) is 10.9. The second-order valence-corrected chi connectivity index (χ2v) is 13.1. The number of anilines is 1. The SMILES string of the molecule is CC1CCCC(NC(=O)C2N(Cc3ccc(Cl)cc3)C(=O)[C@@H]3C(C(=O)Nc4cc(Cl)cc(Cl)c4)[C@@H]4C=CC23O4)C1C. The van der Waals surface area contributed by atoms with Crippen LogP contribution < -0.4 is 10.6 Å². The van der Waals surface area contributed by atoms with Crippen LogP contribution in [-0.2, 0) is 25.7 Å². The number of rotatable bonds is 6. The number of nitrogens with one attached hydrogen (secondary N) is 2. The molecule has 41 heavy (non-hydrogen) atoms. The largest absolute Gasteiger partial charge is 0.359 e. The van der Waals surface area contributed by atoms with Crippen LogP contribution in [0.1, 0.15) is 38.7 Å². The van der Waals surface area contributed by atoms with Crippen molar-refractivity contribution in [1.82, 2.24) is 10.2 Å². The maximum atomic E-state index is 14.2. The van der Waals surface area contributed by atoms with Gasteiger partial charge in [0.2, 0.25) is 17.7 Å². The summed E-state index contributed by atoms with van der Waals surface area (Å²) >= 11 is 18.4. The van der Waals surface area contributed by atoms with Gasteiger partial charge in [0.05, 0.1) is 17.9 Å². The number of carbonyl (C=O) groups excluding carboxylic acids is 3. The summed E-state index contributed by atoms with van der Waals surface area (Å²) < 4.78 is 6.46. The highest BCUT2D eigenvalue weighted by molar-refractivity contribution is 6.35. The molecule has 3 heterocycles.